The van der Waals surface area contributed by atoms with Gasteiger partial charge in [-0.3, -0.25) is 4.79 Å². The summed E-state index contributed by atoms with van der Waals surface area (Å²) in [5, 5.41) is 0. The molecule has 0 aliphatic carbocycles. The molecule has 110 valence electrons. The van der Waals surface area contributed by atoms with Crippen molar-refractivity contribution in [2.75, 3.05) is 25.1 Å². The molecule has 2 unspecified atom stereocenters. The average molecular weight is 288 g/mol. The third kappa shape index (κ3) is 2.86. The van der Waals surface area contributed by atoms with E-state index in [1.165, 1.54) is 13.2 Å². The summed E-state index contributed by atoms with van der Waals surface area (Å²) in [5.74, 6) is -0.0567. The van der Waals surface area contributed by atoms with Crippen LogP contribution >= 0.6 is 0 Å². The number of halogens is 3. The van der Waals surface area contributed by atoms with E-state index in [4.69, 9.17) is 4.74 Å². The van der Waals surface area contributed by atoms with E-state index in [1.807, 2.05) is 6.92 Å². The quantitative estimate of drug-likeness (QED) is 0.783. The normalized spacial score (nSPS) is 22.9. The van der Waals surface area contributed by atoms with Gasteiger partial charge in [0, 0.05) is 19.3 Å². The standard InChI is InChI=1S/C13H15F3N2O2/c1-8-6-18(7-10(8)12(19)20-2)11-4-3-9(5-17-11)13(14,15)16/h3-5,8,10H,6-7H2,1-2H3. The Bertz CT molecular complexity index is 487. The van der Waals surface area contributed by atoms with Crippen molar-refractivity contribution in [2.24, 2.45) is 11.8 Å². The molecule has 1 aliphatic rings. The first-order valence-corrected chi connectivity index (χ1v) is 6.19. The Kier molecular flexibility index (Phi) is 3.87. The maximum absolute atomic E-state index is 12.5. The molecule has 0 saturated carbocycles. The summed E-state index contributed by atoms with van der Waals surface area (Å²) in [4.78, 5) is 17.2. The van der Waals surface area contributed by atoms with E-state index in [2.05, 4.69) is 4.98 Å². The summed E-state index contributed by atoms with van der Waals surface area (Å²) in [6.07, 6.45) is -3.58. The number of aromatic nitrogens is 1. The molecule has 1 aromatic rings. The zero-order chi connectivity index (χ0) is 14.9. The topological polar surface area (TPSA) is 42.4 Å². The maximum Gasteiger partial charge on any atom is 0.417 e. The molecule has 0 aromatic carbocycles. The average Bonchev–Trinajstić information content (AvgIpc) is 2.79. The zero-order valence-corrected chi connectivity index (χ0v) is 11.1. The number of methoxy groups -OCH3 is 1. The van der Waals surface area contributed by atoms with Crippen LogP contribution < -0.4 is 4.90 Å². The Morgan fingerprint density at radius 1 is 1.40 bits per heavy atom. The molecule has 1 aliphatic heterocycles. The van der Waals surface area contributed by atoms with Gasteiger partial charge in [0.05, 0.1) is 18.6 Å². The second-order valence-electron chi connectivity index (χ2n) is 4.91. The van der Waals surface area contributed by atoms with Crippen LogP contribution in [-0.2, 0) is 15.7 Å². The van der Waals surface area contributed by atoms with E-state index in [9.17, 15) is 18.0 Å². The zero-order valence-electron chi connectivity index (χ0n) is 11.1. The number of hydrogen-bond donors (Lipinski definition) is 0. The highest BCUT2D eigenvalue weighted by Gasteiger charge is 2.36. The van der Waals surface area contributed by atoms with E-state index in [-0.39, 0.29) is 17.8 Å². The lowest BCUT2D eigenvalue weighted by molar-refractivity contribution is -0.145. The Labute approximate surface area is 114 Å². The minimum atomic E-state index is -4.39. The molecule has 7 heteroatoms. The van der Waals surface area contributed by atoms with Gasteiger partial charge in [-0.1, -0.05) is 6.92 Å². The van der Waals surface area contributed by atoms with Crippen LogP contribution in [0.15, 0.2) is 18.3 Å². The van der Waals surface area contributed by atoms with Gasteiger partial charge < -0.3 is 9.64 Å². The van der Waals surface area contributed by atoms with Crippen molar-refractivity contribution in [1.82, 2.24) is 4.98 Å². The minimum absolute atomic E-state index is 0.0755. The van der Waals surface area contributed by atoms with Crippen LogP contribution in [0.25, 0.3) is 0 Å². The predicted octanol–water partition coefficient (Wildman–Crippen LogP) is 2.35. The molecule has 1 saturated heterocycles. The molecule has 0 N–H and O–H groups in total. The lowest BCUT2D eigenvalue weighted by Crippen LogP contribution is -2.24. The fourth-order valence-electron chi connectivity index (χ4n) is 2.35. The first-order valence-electron chi connectivity index (χ1n) is 6.19. The van der Waals surface area contributed by atoms with Crippen molar-refractivity contribution in [3.8, 4) is 0 Å². The summed E-state index contributed by atoms with van der Waals surface area (Å²) in [6.45, 7) is 2.88. The number of rotatable bonds is 2. The van der Waals surface area contributed by atoms with Crippen LogP contribution in [0.1, 0.15) is 12.5 Å². The fraction of sp³-hybridized carbons (Fsp3) is 0.538. The van der Waals surface area contributed by atoms with Crippen LogP contribution in [0, 0.1) is 11.8 Å². The lowest BCUT2D eigenvalue weighted by Gasteiger charge is -2.17. The molecular weight excluding hydrogens is 273 g/mol. The predicted molar refractivity (Wildman–Crippen MR) is 66.1 cm³/mol. The first-order chi connectivity index (χ1) is 9.32. The third-order valence-corrected chi connectivity index (χ3v) is 3.52. The second kappa shape index (κ2) is 5.30. The second-order valence-corrected chi connectivity index (χ2v) is 4.91. The summed E-state index contributed by atoms with van der Waals surface area (Å²) >= 11 is 0. The Balaban J connectivity index is 2.12. The minimum Gasteiger partial charge on any atom is -0.469 e. The SMILES string of the molecule is COC(=O)C1CN(c2ccc(C(F)(F)F)cn2)CC1C. The summed E-state index contributed by atoms with van der Waals surface area (Å²) in [6, 6.07) is 2.33. The van der Waals surface area contributed by atoms with Crippen LogP contribution in [-0.4, -0.2) is 31.2 Å². The van der Waals surface area contributed by atoms with E-state index >= 15 is 0 Å². The molecule has 0 spiro atoms. The maximum atomic E-state index is 12.5. The molecule has 0 radical (unpaired) electrons. The number of hydrogen-bond acceptors (Lipinski definition) is 4. The van der Waals surface area contributed by atoms with Gasteiger partial charge in [0.15, 0.2) is 0 Å². The first kappa shape index (κ1) is 14.6. The van der Waals surface area contributed by atoms with Crippen LogP contribution in [0.4, 0.5) is 19.0 Å². The van der Waals surface area contributed by atoms with Crippen molar-refractivity contribution in [3.05, 3.63) is 23.9 Å². The van der Waals surface area contributed by atoms with Crippen molar-refractivity contribution >= 4 is 11.8 Å². The fourth-order valence-corrected chi connectivity index (χ4v) is 2.35. The van der Waals surface area contributed by atoms with Crippen molar-refractivity contribution in [3.63, 3.8) is 0 Å². The number of carbonyl (C=O) groups excluding carboxylic acids is 1. The van der Waals surface area contributed by atoms with Crippen LogP contribution in [0.3, 0.4) is 0 Å². The molecule has 0 bridgehead atoms. The molecule has 4 nitrogen and oxygen atoms in total. The van der Waals surface area contributed by atoms with Gasteiger partial charge in [0.25, 0.3) is 0 Å². The van der Waals surface area contributed by atoms with Gasteiger partial charge in [-0.25, -0.2) is 4.98 Å². The molecule has 1 fully saturated rings. The monoisotopic (exact) mass is 288 g/mol. The Hall–Kier alpha value is -1.79. The van der Waals surface area contributed by atoms with E-state index in [0.29, 0.717) is 18.9 Å². The van der Waals surface area contributed by atoms with E-state index in [1.54, 1.807) is 4.90 Å². The van der Waals surface area contributed by atoms with Gasteiger partial charge in [0.1, 0.15) is 5.82 Å². The third-order valence-electron chi connectivity index (χ3n) is 3.52. The lowest BCUT2D eigenvalue weighted by atomic mass is 9.99. The number of alkyl halides is 3. The van der Waals surface area contributed by atoms with Crippen molar-refractivity contribution < 1.29 is 22.7 Å². The number of anilines is 1. The van der Waals surface area contributed by atoms with Crippen molar-refractivity contribution in [1.29, 1.82) is 0 Å². The number of carbonyl (C=O) groups is 1. The largest absolute Gasteiger partial charge is 0.469 e. The summed E-state index contributed by atoms with van der Waals surface area (Å²) in [7, 11) is 1.33. The van der Waals surface area contributed by atoms with E-state index in [0.717, 1.165) is 12.3 Å². The van der Waals surface area contributed by atoms with E-state index < -0.39 is 11.7 Å². The molecule has 0 amide bonds. The highest BCUT2D eigenvalue weighted by molar-refractivity contribution is 5.74. The molecular formula is C13H15F3N2O2. The molecule has 2 atom stereocenters. The molecule has 2 rings (SSSR count). The molecule has 2 heterocycles. The highest BCUT2D eigenvalue weighted by Crippen LogP contribution is 2.31. The highest BCUT2D eigenvalue weighted by atomic mass is 19.4. The number of pyridine rings is 1. The number of nitrogens with zero attached hydrogens (tertiary/aromatic N) is 2. The Morgan fingerprint density at radius 3 is 2.60 bits per heavy atom. The summed E-state index contributed by atoms with van der Waals surface area (Å²) in [5.41, 5.74) is -0.780. The van der Waals surface area contributed by atoms with Crippen LogP contribution in [0.5, 0.6) is 0 Å². The molecule has 20 heavy (non-hydrogen) atoms. The van der Waals surface area contributed by atoms with Crippen LogP contribution in [0.2, 0.25) is 0 Å². The van der Waals surface area contributed by atoms with Gasteiger partial charge in [0.2, 0.25) is 0 Å². The van der Waals surface area contributed by atoms with Gasteiger partial charge in [-0.05, 0) is 18.1 Å². The smallest absolute Gasteiger partial charge is 0.417 e. The van der Waals surface area contributed by atoms with Gasteiger partial charge in [-0.2, -0.15) is 13.2 Å². The van der Waals surface area contributed by atoms with Gasteiger partial charge >= 0.3 is 12.1 Å². The molecule has 1 aromatic heterocycles. The number of ether oxygens (including phenoxy) is 1. The Morgan fingerprint density at radius 2 is 2.10 bits per heavy atom. The number of esters is 1. The summed E-state index contributed by atoms with van der Waals surface area (Å²) < 4.78 is 42.1. The van der Waals surface area contributed by atoms with Crippen molar-refractivity contribution in [2.45, 2.75) is 13.1 Å². The van der Waals surface area contributed by atoms with Gasteiger partial charge in [-0.15, -0.1) is 0 Å².